The van der Waals surface area contributed by atoms with Gasteiger partial charge in [-0.2, -0.15) is 0 Å². The summed E-state index contributed by atoms with van der Waals surface area (Å²) in [7, 11) is 0. The number of hydrogen-bond donors (Lipinski definition) is 0. The molecule has 0 heterocycles. The number of anilines is 1. The summed E-state index contributed by atoms with van der Waals surface area (Å²) in [6.45, 7) is 6.39. The Hall–Kier alpha value is -4.70. The molecule has 4 aromatic rings. The van der Waals surface area contributed by atoms with E-state index in [-0.39, 0.29) is 10.6 Å². The fourth-order valence-corrected chi connectivity index (χ4v) is 4.11. The van der Waals surface area contributed by atoms with E-state index >= 15 is 0 Å². The van der Waals surface area contributed by atoms with Gasteiger partial charge in [0.1, 0.15) is 0 Å². The fraction of sp³-hybridized carbons (Fsp3) is 0.118. The summed E-state index contributed by atoms with van der Waals surface area (Å²) in [4.78, 5) is 12.7. The SMILES string of the molecule is CCN(CC)c1ccc(/C=C/c2ccc(/C=C/c3ccc(/C=C/c4ccc([N+](=O)[O-])cc4)cc3)cc2)cc1. The third kappa shape index (κ3) is 7.40. The second kappa shape index (κ2) is 13.0. The number of hydrogen-bond acceptors (Lipinski definition) is 3. The number of non-ortho nitro benzene ring substituents is 1. The average Bonchev–Trinajstić information content (AvgIpc) is 2.96. The Balaban J connectivity index is 1.32. The van der Waals surface area contributed by atoms with Gasteiger partial charge in [0.25, 0.3) is 5.69 Å². The summed E-state index contributed by atoms with van der Waals surface area (Å²) in [6, 6.07) is 32.0. The maximum Gasteiger partial charge on any atom is 0.269 e. The van der Waals surface area contributed by atoms with Crippen molar-refractivity contribution in [3.05, 3.63) is 141 Å². The summed E-state index contributed by atoms with van der Waals surface area (Å²) in [6.07, 6.45) is 12.5. The van der Waals surface area contributed by atoms with Crippen LogP contribution >= 0.6 is 0 Å². The lowest BCUT2D eigenvalue weighted by Gasteiger charge is -2.20. The molecule has 0 aliphatic carbocycles. The molecule has 0 saturated carbocycles. The van der Waals surface area contributed by atoms with Crippen molar-refractivity contribution in [3.8, 4) is 0 Å². The van der Waals surface area contributed by atoms with Crippen molar-refractivity contribution in [2.75, 3.05) is 18.0 Å². The second-order valence-electron chi connectivity index (χ2n) is 8.95. The van der Waals surface area contributed by atoms with Crippen LogP contribution < -0.4 is 4.90 Å². The summed E-state index contributed by atoms with van der Waals surface area (Å²) in [5, 5.41) is 10.8. The molecule has 190 valence electrons. The molecule has 0 aromatic heterocycles. The van der Waals surface area contributed by atoms with Gasteiger partial charge >= 0.3 is 0 Å². The Morgan fingerprint density at radius 3 is 1.05 bits per heavy atom. The third-order valence-electron chi connectivity index (χ3n) is 6.40. The van der Waals surface area contributed by atoms with E-state index < -0.39 is 0 Å². The van der Waals surface area contributed by atoms with E-state index in [2.05, 4.69) is 116 Å². The summed E-state index contributed by atoms with van der Waals surface area (Å²) in [5.74, 6) is 0. The van der Waals surface area contributed by atoms with E-state index in [0.29, 0.717) is 0 Å². The largest absolute Gasteiger partial charge is 0.372 e. The molecule has 0 aliphatic rings. The molecule has 0 N–H and O–H groups in total. The van der Waals surface area contributed by atoms with Gasteiger partial charge in [0.05, 0.1) is 4.92 Å². The predicted octanol–water partition coefficient (Wildman–Crippen LogP) is 8.95. The minimum Gasteiger partial charge on any atom is -0.372 e. The molecule has 0 aliphatic heterocycles. The molecule has 0 bridgehead atoms. The van der Waals surface area contributed by atoms with Gasteiger partial charge in [-0.25, -0.2) is 0 Å². The van der Waals surface area contributed by atoms with Crippen molar-refractivity contribution in [2.45, 2.75) is 13.8 Å². The smallest absolute Gasteiger partial charge is 0.269 e. The zero-order valence-corrected chi connectivity index (χ0v) is 21.8. The summed E-state index contributed by atoms with van der Waals surface area (Å²) >= 11 is 0. The van der Waals surface area contributed by atoms with Crippen LogP contribution in [0.25, 0.3) is 36.5 Å². The summed E-state index contributed by atoms with van der Waals surface area (Å²) in [5.41, 5.74) is 7.97. The lowest BCUT2D eigenvalue weighted by Crippen LogP contribution is -2.21. The molecular formula is C34H32N2O2. The zero-order valence-electron chi connectivity index (χ0n) is 21.8. The van der Waals surface area contributed by atoms with Crippen LogP contribution in [0, 0.1) is 10.1 Å². The molecule has 0 spiro atoms. The highest BCUT2D eigenvalue weighted by molar-refractivity contribution is 5.75. The first-order chi connectivity index (χ1) is 18.5. The number of nitrogens with zero attached hydrogens (tertiary/aromatic N) is 2. The van der Waals surface area contributed by atoms with Gasteiger partial charge < -0.3 is 4.90 Å². The van der Waals surface area contributed by atoms with Crippen LogP contribution in [-0.4, -0.2) is 18.0 Å². The Kier molecular flexibility index (Phi) is 9.03. The molecule has 0 atom stereocenters. The Bertz CT molecular complexity index is 1410. The molecule has 0 radical (unpaired) electrons. The van der Waals surface area contributed by atoms with E-state index in [9.17, 15) is 10.1 Å². The highest BCUT2D eigenvalue weighted by Gasteiger charge is 2.02. The topological polar surface area (TPSA) is 46.4 Å². The molecule has 38 heavy (non-hydrogen) atoms. The molecule has 0 saturated heterocycles. The molecule has 0 fully saturated rings. The number of nitro benzene ring substituents is 1. The average molecular weight is 501 g/mol. The second-order valence-corrected chi connectivity index (χ2v) is 8.95. The first-order valence-corrected chi connectivity index (χ1v) is 12.9. The van der Waals surface area contributed by atoms with Crippen LogP contribution in [0.3, 0.4) is 0 Å². The van der Waals surface area contributed by atoms with E-state index in [1.54, 1.807) is 12.1 Å². The molecule has 4 heteroatoms. The van der Waals surface area contributed by atoms with Gasteiger partial charge in [-0.15, -0.1) is 0 Å². The lowest BCUT2D eigenvalue weighted by molar-refractivity contribution is -0.384. The lowest BCUT2D eigenvalue weighted by atomic mass is 10.1. The normalized spacial score (nSPS) is 11.5. The predicted molar refractivity (Wildman–Crippen MR) is 163 cm³/mol. The molecule has 4 aromatic carbocycles. The Morgan fingerprint density at radius 2 is 0.789 bits per heavy atom. The third-order valence-corrected chi connectivity index (χ3v) is 6.40. The van der Waals surface area contributed by atoms with Crippen molar-refractivity contribution >= 4 is 47.8 Å². The molecule has 0 unspecified atom stereocenters. The first-order valence-electron chi connectivity index (χ1n) is 12.9. The van der Waals surface area contributed by atoms with Gasteiger partial charge in [-0.3, -0.25) is 10.1 Å². The van der Waals surface area contributed by atoms with E-state index in [4.69, 9.17) is 0 Å². The number of rotatable bonds is 10. The van der Waals surface area contributed by atoms with Crippen LogP contribution in [0.5, 0.6) is 0 Å². The maximum absolute atomic E-state index is 10.8. The zero-order chi connectivity index (χ0) is 26.7. The van der Waals surface area contributed by atoms with Crippen LogP contribution in [0.2, 0.25) is 0 Å². The fourth-order valence-electron chi connectivity index (χ4n) is 4.11. The number of nitro groups is 1. The van der Waals surface area contributed by atoms with Gasteiger partial charge in [0.2, 0.25) is 0 Å². The van der Waals surface area contributed by atoms with Gasteiger partial charge in [0, 0.05) is 30.9 Å². The molecule has 4 nitrogen and oxygen atoms in total. The maximum atomic E-state index is 10.8. The van der Waals surface area contributed by atoms with Gasteiger partial charge in [0.15, 0.2) is 0 Å². The molecule has 4 rings (SSSR count). The Labute approximate surface area is 225 Å². The quantitative estimate of drug-likeness (QED) is 0.124. The Morgan fingerprint density at radius 1 is 0.526 bits per heavy atom. The van der Waals surface area contributed by atoms with Crippen LogP contribution in [0.4, 0.5) is 11.4 Å². The van der Waals surface area contributed by atoms with Crippen molar-refractivity contribution in [2.24, 2.45) is 0 Å². The van der Waals surface area contributed by atoms with Crippen molar-refractivity contribution in [3.63, 3.8) is 0 Å². The minimum absolute atomic E-state index is 0.0983. The van der Waals surface area contributed by atoms with Crippen LogP contribution in [0.15, 0.2) is 97.1 Å². The van der Waals surface area contributed by atoms with Crippen LogP contribution in [-0.2, 0) is 0 Å². The van der Waals surface area contributed by atoms with E-state index in [1.165, 1.54) is 28.9 Å². The highest BCUT2D eigenvalue weighted by atomic mass is 16.6. The highest BCUT2D eigenvalue weighted by Crippen LogP contribution is 2.18. The van der Waals surface area contributed by atoms with Crippen molar-refractivity contribution in [1.82, 2.24) is 0 Å². The number of benzene rings is 4. The molecule has 0 amide bonds. The van der Waals surface area contributed by atoms with E-state index in [0.717, 1.165) is 35.3 Å². The van der Waals surface area contributed by atoms with Crippen molar-refractivity contribution in [1.29, 1.82) is 0 Å². The monoisotopic (exact) mass is 500 g/mol. The first kappa shape index (κ1) is 26.4. The standard InChI is InChI=1S/C34H32N2O2/c1-3-35(4-2)33-23-19-31(20-24-33)17-15-29-11-7-27(8-12-29)5-6-28-9-13-30(14-10-28)16-18-32-21-25-34(26-22-32)36(37)38/h5-26H,3-4H2,1-2H3/b6-5+,17-15+,18-16+. The van der Waals surface area contributed by atoms with Gasteiger partial charge in [-0.1, -0.05) is 97.1 Å². The van der Waals surface area contributed by atoms with Crippen molar-refractivity contribution < 1.29 is 4.92 Å². The van der Waals surface area contributed by atoms with E-state index in [1.807, 2.05) is 12.2 Å². The minimum atomic E-state index is -0.389. The van der Waals surface area contributed by atoms with Gasteiger partial charge in [-0.05, 0) is 71.5 Å². The van der Waals surface area contributed by atoms with Crippen LogP contribution in [0.1, 0.15) is 47.2 Å². The summed E-state index contributed by atoms with van der Waals surface area (Å²) < 4.78 is 0. The molecular weight excluding hydrogens is 468 g/mol.